The normalized spacial score (nSPS) is 12.9. The number of rotatable bonds is 5. The van der Waals surface area contributed by atoms with Crippen molar-refractivity contribution in [3.63, 3.8) is 0 Å². The van der Waals surface area contributed by atoms with Crippen LogP contribution in [0.4, 0.5) is 10.5 Å². The number of benzene rings is 2. The maximum Gasteiger partial charge on any atom is 0.319 e. The van der Waals surface area contributed by atoms with Crippen molar-refractivity contribution in [3.05, 3.63) is 64.1 Å². The highest BCUT2D eigenvalue weighted by Gasteiger charge is 2.34. The topological polar surface area (TPSA) is 78.5 Å². The summed E-state index contributed by atoms with van der Waals surface area (Å²) < 4.78 is 0.930. The van der Waals surface area contributed by atoms with Gasteiger partial charge in [0.2, 0.25) is 0 Å². The SMILES string of the molecule is O=C(NCCCN1C(=O)c2ccccc2C1=O)Nc1ccc(Br)cc1. The monoisotopic (exact) mass is 401 g/mol. The van der Waals surface area contributed by atoms with Crippen LogP contribution in [0.3, 0.4) is 0 Å². The van der Waals surface area contributed by atoms with Crippen LogP contribution in [0, 0.1) is 0 Å². The van der Waals surface area contributed by atoms with Gasteiger partial charge in [-0.25, -0.2) is 4.79 Å². The molecule has 0 saturated carbocycles. The van der Waals surface area contributed by atoms with Crippen LogP contribution in [0.25, 0.3) is 0 Å². The fourth-order valence-electron chi connectivity index (χ4n) is 2.59. The Morgan fingerprint density at radius 3 is 2.16 bits per heavy atom. The molecule has 128 valence electrons. The van der Waals surface area contributed by atoms with Crippen molar-refractivity contribution in [1.82, 2.24) is 10.2 Å². The number of urea groups is 1. The van der Waals surface area contributed by atoms with Crippen LogP contribution in [0.15, 0.2) is 53.0 Å². The predicted molar refractivity (Wildman–Crippen MR) is 97.6 cm³/mol. The molecule has 1 heterocycles. The molecule has 7 heteroatoms. The number of anilines is 1. The first-order valence-corrected chi connectivity index (χ1v) is 8.61. The average Bonchev–Trinajstić information content (AvgIpc) is 2.86. The average molecular weight is 402 g/mol. The van der Waals surface area contributed by atoms with Gasteiger partial charge in [0.15, 0.2) is 0 Å². The van der Waals surface area contributed by atoms with Crippen LogP contribution in [-0.4, -0.2) is 35.8 Å². The first-order valence-electron chi connectivity index (χ1n) is 7.82. The molecule has 0 spiro atoms. The third-order valence-corrected chi connectivity index (χ3v) is 4.35. The molecule has 1 aliphatic heterocycles. The molecule has 0 atom stereocenters. The van der Waals surface area contributed by atoms with Gasteiger partial charge in [0.25, 0.3) is 11.8 Å². The fourth-order valence-corrected chi connectivity index (χ4v) is 2.85. The molecular weight excluding hydrogens is 386 g/mol. The Balaban J connectivity index is 1.45. The molecule has 0 radical (unpaired) electrons. The lowest BCUT2D eigenvalue weighted by atomic mass is 10.1. The Bertz CT molecular complexity index is 786. The van der Waals surface area contributed by atoms with E-state index in [0.29, 0.717) is 29.8 Å². The molecule has 3 rings (SSSR count). The summed E-state index contributed by atoms with van der Waals surface area (Å²) in [7, 11) is 0. The van der Waals surface area contributed by atoms with Crippen LogP contribution in [0.5, 0.6) is 0 Å². The van der Waals surface area contributed by atoms with Gasteiger partial charge >= 0.3 is 6.03 Å². The number of nitrogens with zero attached hydrogens (tertiary/aromatic N) is 1. The number of hydrogen-bond donors (Lipinski definition) is 2. The van der Waals surface area contributed by atoms with Crippen LogP contribution in [-0.2, 0) is 0 Å². The van der Waals surface area contributed by atoms with Crippen molar-refractivity contribution in [3.8, 4) is 0 Å². The summed E-state index contributed by atoms with van der Waals surface area (Å²) in [6, 6.07) is 13.7. The van der Waals surface area contributed by atoms with Gasteiger partial charge in [-0.15, -0.1) is 0 Å². The lowest BCUT2D eigenvalue weighted by molar-refractivity contribution is 0.0653. The Labute approximate surface area is 153 Å². The molecule has 1 aliphatic rings. The number of amides is 4. The van der Waals surface area contributed by atoms with Crippen molar-refractivity contribution in [2.45, 2.75) is 6.42 Å². The number of hydrogen-bond acceptors (Lipinski definition) is 3. The highest BCUT2D eigenvalue weighted by molar-refractivity contribution is 9.10. The summed E-state index contributed by atoms with van der Waals surface area (Å²) in [5.41, 5.74) is 1.56. The summed E-state index contributed by atoms with van der Waals surface area (Å²) in [5, 5.41) is 5.42. The van der Waals surface area contributed by atoms with E-state index in [2.05, 4.69) is 26.6 Å². The number of halogens is 1. The van der Waals surface area contributed by atoms with Crippen molar-refractivity contribution in [2.24, 2.45) is 0 Å². The van der Waals surface area contributed by atoms with E-state index in [1.807, 2.05) is 12.1 Å². The number of nitrogens with one attached hydrogen (secondary N) is 2. The number of carbonyl (C=O) groups excluding carboxylic acids is 3. The zero-order chi connectivity index (χ0) is 17.8. The first-order chi connectivity index (χ1) is 12.1. The van der Waals surface area contributed by atoms with Crippen molar-refractivity contribution in [1.29, 1.82) is 0 Å². The predicted octanol–water partition coefficient (Wildman–Crippen LogP) is 3.26. The summed E-state index contributed by atoms with van der Waals surface area (Å²) >= 11 is 3.33. The minimum absolute atomic E-state index is 0.269. The van der Waals surface area contributed by atoms with Gasteiger partial charge in [-0.2, -0.15) is 0 Å². The molecule has 6 nitrogen and oxygen atoms in total. The summed E-state index contributed by atoms with van der Waals surface area (Å²) in [5.74, 6) is -0.556. The number of imide groups is 1. The van der Waals surface area contributed by atoms with E-state index in [-0.39, 0.29) is 24.4 Å². The largest absolute Gasteiger partial charge is 0.338 e. The molecule has 0 aromatic heterocycles. The van der Waals surface area contributed by atoms with E-state index in [9.17, 15) is 14.4 Å². The molecule has 2 N–H and O–H groups in total. The third-order valence-electron chi connectivity index (χ3n) is 3.82. The second kappa shape index (κ2) is 7.48. The summed E-state index contributed by atoms with van der Waals surface area (Å²) in [6.45, 7) is 0.626. The van der Waals surface area contributed by atoms with E-state index in [4.69, 9.17) is 0 Å². The fraction of sp³-hybridized carbons (Fsp3) is 0.167. The molecule has 2 aromatic carbocycles. The lowest BCUT2D eigenvalue weighted by Gasteiger charge is -2.14. The standard InChI is InChI=1S/C18H16BrN3O3/c19-12-6-8-13(9-7-12)21-18(25)20-10-3-11-22-16(23)14-4-1-2-5-15(14)17(22)24/h1-2,4-9H,3,10-11H2,(H2,20,21,25). The Morgan fingerprint density at radius 2 is 1.56 bits per heavy atom. The Kier molecular flexibility index (Phi) is 5.14. The molecule has 0 bridgehead atoms. The van der Waals surface area contributed by atoms with E-state index in [1.54, 1.807) is 36.4 Å². The molecule has 4 amide bonds. The number of carbonyl (C=O) groups is 3. The molecule has 25 heavy (non-hydrogen) atoms. The van der Waals surface area contributed by atoms with Gasteiger partial charge in [-0.1, -0.05) is 28.1 Å². The highest BCUT2D eigenvalue weighted by atomic mass is 79.9. The summed E-state index contributed by atoms with van der Waals surface area (Å²) in [4.78, 5) is 37.5. The molecule has 0 fully saturated rings. The van der Waals surface area contributed by atoms with Crippen LogP contribution in [0.1, 0.15) is 27.1 Å². The molecule has 0 unspecified atom stereocenters. The van der Waals surface area contributed by atoms with E-state index in [1.165, 1.54) is 4.90 Å². The van der Waals surface area contributed by atoms with Gasteiger partial charge in [-0.3, -0.25) is 14.5 Å². The van der Waals surface area contributed by atoms with E-state index < -0.39 is 0 Å². The second-order valence-corrected chi connectivity index (χ2v) is 6.46. The quantitative estimate of drug-likeness (QED) is 0.595. The van der Waals surface area contributed by atoms with Crippen LogP contribution in [0.2, 0.25) is 0 Å². The van der Waals surface area contributed by atoms with Gasteiger partial charge in [0.1, 0.15) is 0 Å². The zero-order valence-corrected chi connectivity index (χ0v) is 14.9. The molecule has 0 saturated heterocycles. The third kappa shape index (κ3) is 3.88. The van der Waals surface area contributed by atoms with Gasteiger partial charge in [0, 0.05) is 23.2 Å². The van der Waals surface area contributed by atoms with Gasteiger partial charge < -0.3 is 10.6 Å². The van der Waals surface area contributed by atoms with Gasteiger partial charge in [-0.05, 0) is 42.8 Å². The minimum Gasteiger partial charge on any atom is -0.338 e. The van der Waals surface area contributed by atoms with E-state index >= 15 is 0 Å². The Morgan fingerprint density at radius 1 is 0.960 bits per heavy atom. The van der Waals surface area contributed by atoms with Crippen molar-refractivity contribution >= 4 is 39.5 Å². The van der Waals surface area contributed by atoms with Gasteiger partial charge in [0.05, 0.1) is 11.1 Å². The molecule has 2 aromatic rings. The highest BCUT2D eigenvalue weighted by Crippen LogP contribution is 2.22. The second-order valence-electron chi connectivity index (χ2n) is 5.55. The van der Waals surface area contributed by atoms with Crippen molar-refractivity contribution < 1.29 is 14.4 Å². The lowest BCUT2D eigenvalue weighted by Crippen LogP contribution is -2.35. The van der Waals surface area contributed by atoms with Crippen molar-refractivity contribution in [2.75, 3.05) is 18.4 Å². The maximum atomic E-state index is 12.2. The maximum absolute atomic E-state index is 12.2. The summed E-state index contributed by atoms with van der Waals surface area (Å²) in [6.07, 6.45) is 0.485. The molecule has 0 aliphatic carbocycles. The van der Waals surface area contributed by atoms with Crippen LogP contribution < -0.4 is 10.6 Å². The number of fused-ring (bicyclic) bond motifs is 1. The van der Waals surface area contributed by atoms with E-state index in [0.717, 1.165) is 4.47 Å². The van der Waals surface area contributed by atoms with Crippen LogP contribution >= 0.6 is 15.9 Å². The minimum atomic E-state index is -0.329. The smallest absolute Gasteiger partial charge is 0.319 e. The zero-order valence-electron chi connectivity index (χ0n) is 13.3. The Hall–Kier alpha value is -2.67. The molecular formula is C18H16BrN3O3. The first kappa shape index (κ1) is 17.2.